The zero-order valence-electron chi connectivity index (χ0n) is 6.05. The number of hydrogen-bond acceptors (Lipinski definition) is 3. The molecule has 5 N–H and O–H groups in total. The Labute approximate surface area is 50.9 Å². The van der Waals surface area contributed by atoms with Crippen LogP contribution in [0.1, 0.15) is 0 Å². The molecule has 0 fully saturated rings. The van der Waals surface area contributed by atoms with Gasteiger partial charge in [0.15, 0.2) is 0 Å². The van der Waals surface area contributed by atoms with Crippen LogP contribution in [0.3, 0.4) is 0 Å². The Morgan fingerprint density at radius 3 is 0.875 bits per heavy atom. The summed E-state index contributed by atoms with van der Waals surface area (Å²) < 4.78 is 1.00. The zero-order chi connectivity index (χ0) is 6.50. The summed E-state index contributed by atoms with van der Waals surface area (Å²) in [6, 6.07) is 0. The van der Waals surface area contributed by atoms with E-state index in [1.54, 1.807) is 0 Å². The minimum atomic E-state index is 0. The van der Waals surface area contributed by atoms with Crippen LogP contribution in [0.15, 0.2) is 0 Å². The highest BCUT2D eigenvalue weighted by molar-refractivity contribution is 3.87. The van der Waals surface area contributed by atoms with Crippen LogP contribution in [0.2, 0.25) is 0 Å². The molecule has 0 heterocycles. The first kappa shape index (κ1) is 15.7. The van der Waals surface area contributed by atoms with Crippen molar-refractivity contribution in [1.29, 1.82) is 0 Å². The Hall–Kier alpha value is -0.160. The van der Waals surface area contributed by atoms with Gasteiger partial charge in [-0.1, -0.05) is 0 Å². The maximum absolute atomic E-state index is 4.00. The molecule has 0 aromatic heterocycles. The fraction of sp³-hybridized carbons (Fsp3) is 1.00. The fourth-order valence-electron chi connectivity index (χ4n) is 0. The van der Waals surface area contributed by atoms with Gasteiger partial charge in [0.05, 0.1) is 28.2 Å². The highest BCUT2D eigenvalue weighted by Crippen LogP contribution is 1.73. The van der Waals surface area contributed by atoms with Gasteiger partial charge in [0.1, 0.15) is 0 Å². The van der Waals surface area contributed by atoms with E-state index < -0.39 is 0 Å². The Balaban J connectivity index is -0.0000000750. The SMILES string of the molecule is C[N+](C)(C)C.NN.[OH-]. The van der Waals surface area contributed by atoms with E-state index in [0.29, 0.717) is 0 Å². The van der Waals surface area contributed by atoms with Crippen molar-refractivity contribution < 1.29 is 9.96 Å². The van der Waals surface area contributed by atoms with E-state index in [0.717, 1.165) is 4.48 Å². The minimum Gasteiger partial charge on any atom is -0.870 e. The molecule has 4 heteroatoms. The van der Waals surface area contributed by atoms with E-state index in [4.69, 9.17) is 0 Å². The van der Waals surface area contributed by atoms with Crippen LogP contribution in [0.5, 0.6) is 0 Å². The topological polar surface area (TPSA) is 82.0 Å². The van der Waals surface area contributed by atoms with Gasteiger partial charge in [0, 0.05) is 0 Å². The van der Waals surface area contributed by atoms with Crippen LogP contribution in [0.4, 0.5) is 0 Å². The Bertz CT molecular complexity index is 26.8. The second-order valence-electron chi connectivity index (χ2n) is 2.68. The van der Waals surface area contributed by atoms with Crippen LogP contribution in [-0.2, 0) is 0 Å². The van der Waals surface area contributed by atoms with Crippen molar-refractivity contribution in [3.8, 4) is 0 Å². The van der Waals surface area contributed by atoms with E-state index in [9.17, 15) is 0 Å². The van der Waals surface area contributed by atoms with E-state index in [1.807, 2.05) is 0 Å². The second kappa shape index (κ2) is 6.84. The summed E-state index contributed by atoms with van der Waals surface area (Å²) in [6.07, 6.45) is 0. The molecule has 0 rings (SSSR count). The molecule has 8 heavy (non-hydrogen) atoms. The van der Waals surface area contributed by atoms with Gasteiger partial charge in [-0.2, -0.15) is 0 Å². The summed E-state index contributed by atoms with van der Waals surface area (Å²) in [5.74, 6) is 8.00. The Morgan fingerprint density at radius 2 is 0.875 bits per heavy atom. The van der Waals surface area contributed by atoms with Crippen LogP contribution >= 0.6 is 0 Å². The van der Waals surface area contributed by atoms with Crippen LogP contribution < -0.4 is 11.7 Å². The molecule has 0 radical (unpaired) electrons. The van der Waals surface area contributed by atoms with Crippen molar-refractivity contribution in [2.24, 2.45) is 11.7 Å². The molecule has 0 saturated heterocycles. The summed E-state index contributed by atoms with van der Waals surface area (Å²) in [4.78, 5) is 0. The van der Waals surface area contributed by atoms with Crippen molar-refractivity contribution in [2.45, 2.75) is 0 Å². The number of nitrogens with two attached hydrogens (primary N) is 2. The van der Waals surface area contributed by atoms with Crippen molar-refractivity contribution >= 4 is 0 Å². The molecule has 0 atom stereocenters. The summed E-state index contributed by atoms with van der Waals surface area (Å²) in [7, 11) is 8.50. The van der Waals surface area contributed by atoms with Gasteiger partial charge in [-0.3, -0.25) is 11.7 Å². The molecular formula is C4H17N3O. The third kappa shape index (κ3) is 5340. The molecule has 0 aliphatic rings. The summed E-state index contributed by atoms with van der Waals surface area (Å²) in [5, 5.41) is 0. The number of hydrogen-bond donors (Lipinski definition) is 2. The van der Waals surface area contributed by atoms with Crippen LogP contribution in [-0.4, -0.2) is 38.1 Å². The molecule has 0 aliphatic heterocycles. The lowest BCUT2D eigenvalue weighted by Crippen LogP contribution is -2.27. The standard InChI is InChI=1S/C4H12N.H4N2.H2O/c1-5(2,3)4;1-2;/h1-4H3;1-2H2;1H2/q+1;;/p-1. The molecule has 4 nitrogen and oxygen atoms in total. The van der Waals surface area contributed by atoms with Crippen LogP contribution in [0.25, 0.3) is 0 Å². The molecule has 0 bridgehead atoms. The lowest BCUT2D eigenvalue weighted by Gasteiger charge is -2.14. The average molecular weight is 123 g/mol. The normalized spacial score (nSPS) is 8.25. The van der Waals surface area contributed by atoms with Crippen LogP contribution in [0, 0.1) is 0 Å². The average Bonchev–Trinajstić information content (AvgIpc) is 1.36. The predicted molar refractivity (Wildman–Crippen MR) is 34.3 cm³/mol. The van der Waals surface area contributed by atoms with E-state index in [-0.39, 0.29) is 5.48 Å². The number of hydrazine groups is 1. The quantitative estimate of drug-likeness (QED) is 0.245. The van der Waals surface area contributed by atoms with Gasteiger partial charge < -0.3 is 9.96 Å². The van der Waals surface area contributed by atoms with Gasteiger partial charge in [0.25, 0.3) is 0 Å². The Morgan fingerprint density at radius 1 is 0.875 bits per heavy atom. The molecule has 0 unspecified atom stereocenters. The zero-order valence-corrected chi connectivity index (χ0v) is 6.05. The van der Waals surface area contributed by atoms with Gasteiger partial charge >= 0.3 is 0 Å². The monoisotopic (exact) mass is 123 g/mol. The third-order valence-electron chi connectivity index (χ3n) is 0. The number of quaternary nitrogens is 1. The molecule has 0 saturated carbocycles. The Kier molecular flexibility index (Phi) is 13.4. The molecule has 0 amide bonds. The van der Waals surface area contributed by atoms with E-state index in [2.05, 4.69) is 39.9 Å². The smallest absolute Gasteiger partial charge is 0.0675 e. The van der Waals surface area contributed by atoms with Crippen molar-refractivity contribution in [1.82, 2.24) is 0 Å². The van der Waals surface area contributed by atoms with Gasteiger partial charge in [-0.25, -0.2) is 0 Å². The molecule has 54 valence electrons. The molecular weight excluding hydrogens is 106 g/mol. The predicted octanol–water partition coefficient (Wildman–Crippen LogP) is -1.04. The van der Waals surface area contributed by atoms with E-state index >= 15 is 0 Å². The van der Waals surface area contributed by atoms with E-state index in [1.165, 1.54) is 0 Å². The summed E-state index contributed by atoms with van der Waals surface area (Å²) >= 11 is 0. The van der Waals surface area contributed by atoms with Gasteiger partial charge in [-0.05, 0) is 0 Å². The third-order valence-corrected chi connectivity index (χ3v) is 0. The largest absolute Gasteiger partial charge is 0.870 e. The highest BCUT2D eigenvalue weighted by Gasteiger charge is 1.88. The first-order valence-corrected chi connectivity index (χ1v) is 2.12. The fourth-order valence-corrected chi connectivity index (χ4v) is 0. The summed E-state index contributed by atoms with van der Waals surface area (Å²) in [5.41, 5.74) is 0. The molecule has 0 aromatic carbocycles. The lowest BCUT2D eigenvalue weighted by atomic mass is 10.8. The minimum absolute atomic E-state index is 0. The molecule has 0 aromatic rings. The molecule has 0 spiro atoms. The molecule has 0 aliphatic carbocycles. The van der Waals surface area contributed by atoms with Crippen molar-refractivity contribution in [2.75, 3.05) is 28.2 Å². The number of nitrogens with zero attached hydrogens (tertiary/aromatic N) is 1. The maximum Gasteiger partial charge on any atom is 0.0675 e. The van der Waals surface area contributed by atoms with Gasteiger partial charge in [-0.15, -0.1) is 0 Å². The van der Waals surface area contributed by atoms with Gasteiger partial charge in [0.2, 0.25) is 0 Å². The highest BCUT2D eigenvalue weighted by atomic mass is 16.0. The number of rotatable bonds is 0. The first-order chi connectivity index (χ1) is 3.00. The van der Waals surface area contributed by atoms with Crippen molar-refractivity contribution in [3.05, 3.63) is 0 Å². The second-order valence-corrected chi connectivity index (χ2v) is 2.68. The summed E-state index contributed by atoms with van der Waals surface area (Å²) in [6.45, 7) is 0. The first-order valence-electron chi connectivity index (χ1n) is 2.12. The lowest BCUT2D eigenvalue weighted by molar-refractivity contribution is -0.849. The maximum atomic E-state index is 4.00. The van der Waals surface area contributed by atoms with Crippen molar-refractivity contribution in [3.63, 3.8) is 0 Å².